The summed E-state index contributed by atoms with van der Waals surface area (Å²) in [6.07, 6.45) is 2.18. The summed E-state index contributed by atoms with van der Waals surface area (Å²) in [4.78, 5) is 12.4. The molecule has 4 N–H and O–H groups in total. The molecule has 0 atom stereocenters. The van der Waals surface area contributed by atoms with E-state index in [2.05, 4.69) is 66.9 Å². The fraction of sp³-hybridized carbons (Fsp3) is 0.652. The van der Waals surface area contributed by atoms with Gasteiger partial charge in [0.15, 0.2) is 10.3 Å². The van der Waals surface area contributed by atoms with Crippen LogP contribution in [-0.4, -0.2) is 57.2 Å². The van der Waals surface area contributed by atoms with Gasteiger partial charge < -0.3 is 16.0 Å². The Bertz CT molecular complexity index is 1200. The molecule has 0 aromatic carbocycles. The van der Waals surface area contributed by atoms with Crippen molar-refractivity contribution in [2.45, 2.75) is 85.3 Å². The van der Waals surface area contributed by atoms with Gasteiger partial charge in [-0.25, -0.2) is 19.6 Å². The number of rotatable bonds is 6. The minimum absolute atomic E-state index is 0.359. The number of thiazole rings is 1. The molecule has 16 heteroatoms. The van der Waals surface area contributed by atoms with Crippen LogP contribution in [0.2, 0.25) is 0 Å². The Hall–Kier alpha value is -2.35. The molecule has 0 aliphatic heterocycles. The van der Waals surface area contributed by atoms with Crippen LogP contribution in [0.1, 0.15) is 102 Å². The van der Waals surface area contributed by atoms with Gasteiger partial charge in [-0.05, 0) is 55.1 Å². The van der Waals surface area contributed by atoms with E-state index >= 15 is 0 Å². The average molecular weight is 616 g/mol. The summed E-state index contributed by atoms with van der Waals surface area (Å²) in [5, 5.41) is 14.7. The molecule has 4 aromatic heterocycles. The Kier molecular flexibility index (Phi) is 14.8. The monoisotopic (exact) mass is 615 g/mol. The second-order valence-electron chi connectivity index (χ2n) is 10.2. The molecule has 0 bridgehead atoms. The van der Waals surface area contributed by atoms with Crippen molar-refractivity contribution in [1.82, 2.24) is 43.9 Å². The molecule has 218 valence electrons. The van der Waals surface area contributed by atoms with Crippen LogP contribution in [0.4, 0.5) is 10.3 Å². The van der Waals surface area contributed by atoms with Crippen LogP contribution in [-0.2, 0) is 10.7 Å². The predicted octanol–water partition coefficient (Wildman–Crippen LogP) is 6.13. The van der Waals surface area contributed by atoms with E-state index in [0.717, 1.165) is 22.4 Å². The van der Waals surface area contributed by atoms with E-state index in [0.29, 0.717) is 40.2 Å². The molecular weight excluding hydrogens is 574 g/mol. The van der Waals surface area contributed by atoms with Gasteiger partial charge in [-0.15, -0.1) is 16.4 Å². The first-order chi connectivity index (χ1) is 18.1. The van der Waals surface area contributed by atoms with E-state index in [1.165, 1.54) is 34.4 Å². The van der Waals surface area contributed by atoms with Crippen LogP contribution < -0.4 is 11.5 Å². The number of nitrogens with zero attached hydrogens (tertiary/aromatic N) is 9. The topological polar surface area (TPSA) is 177 Å². The van der Waals surface area contributed by atoms with Gasteiger partial charge in [0.05, 0.1) is 19.0 Å². The molecule has 0 aliphatic rings. The van der Waals surface area contributed by atoms with Crippen molar-refractivity contribution in [1.29, 1.82) is 0 Å². The molecule has 0 amide bonds. The predicted molar refractivity (Wildman–Crippen MR) is 164 cm³/mol. The molecule has 4 aromatic rings. The molecular formula is C23H42N11OPS3. The Morgan fingerprint density at radius 1 is 0.846 bits per heavy atom. The van der Waals surface area contributed by atoms with E-state index in [1.54, 1.807) is 24.3 Å². The summed E-state index contributed by atoms with van der Waals surface area (Å²) < 4.78 is 21.4. The fourth-order valence-corrected chi connectivity index (χ4v) is 6.11. The van der Waals surface area contributed by atoms with E-state index in [-0.39, 0.29) is 0 Å². The van der Waals surface area contributed by atoms with E-state index in [9.17, 15) is 4.57 Å². The van der Waals surface area contributed by atoms with Gasteiger partial charge in [0.2, 0.25) is 0 Å². The Morgan fingerprint density at radius 3 is 1.72 bits per heavy atom. The van der Waals surface area contributed by atoms with Crippen molar-refractivity contribution in [2.24, 2.45) is 0 Å². The highest BCUT2D eigenvalue weighted by Crippen LogP contribution is 2.40. The van der Waals surface area contributed by atoms with Crippen molar-refractivity contribution >= 4 is 51.8 Å². The lowest BCUT2D eigenvalue weighted by atomic mass is 10.2. The molecule has 12 nitrogen and oxygen atoms in total. The van der Waals surface area contributed by atoms with Gasteiger partial charge >= 0.3 is 0 Å². The lowest BCUT2D eigenvalue weighted by Gasteiger charge is -2.01. The third-order valence-electron chi connectivity index (χ3n) is 4.52. The number of nitrogen functional groups attached to an aromatic ring is 2. The van der Waals surface area contributed by atoms with E-state index in [1.807, 2.05) is 33.1 Å². The Labute approximate surface area is 243 Å². The van der Waals surface area contributed by atoms with Gasteiger partial charge in [0.25, 0.3) is 0 Å². The largest absolute Gasteiger partial charge is 0.375 e. The first-order valence-corrected chi connectivity index (χ1v) is 17.7. The number of hydrogen-bond acceptors (Lipinski definition) is 14. The lowest BCUT2D eigenvalue weighted by Crippen LogP contribution is -2.00. The SMILES string of the molecule is CC(C)c1csc(N)n1.CC(C)c1nsc(CP(C)(C)=O)n1.CC(C)c1nsc(N)n1.CC(C)n1cnnn1. The van der Waals surface area contributed by atoms with Gasteiger partial charge in [-0.1, -0.05) is 41.5 Å². The second kappa shape index (κ2) is 16.7. The number of nitrogens with two attached hydrogens (primary N) is 2. The first kappa shape index (κ1) is 34.7. The molecule has 0 spiro atoms. The van der Waals surface area contributed by atoms with Crippen molar-refractivity contribution < 1.29 is 4.57 Å². The molecule has 0 unspecified atom stereocenters. The summed E-state index contributed by atoms with van der Waals surface area (Å²) >= 11 is 4.12. The average Bonchev–Trinajstić information content (AvgIpc) is 3.62. The Balaban J connectivity index is 0.000000265. The van der Waals surface area contributed by atoms with Crippen LogP contribution in [0, 0.1) is 0 Å². The molecule has 4 rings (SSSR count). The maximum absolute atomic E-state index is 11.5. The number of anilines is 2. The summed E-state index contributed by atoms with van der Waals surface area (Å²) in [5.74, 6) is 2.96. The highest BCUT2D eigenvalue weighted by molar-refractivity contribution is 7.61. The molecule has 0 aliphatic carbocycles. The van der Waals surface area contributed by atoms with Gasteiger partial charge in [-0.3, -0.25) is 0 Å². The first-order valence-electron chi connectivity index (χ1n) is 12.5. The summed E-state index contributed by atoms with van der Waals surface area (Å²) in [6, 6.07) is 0.366. The molecule has 0 radical (unpaired) electrons. The van der Waals surface area contributed by atoms with Crippen molar-refractivity contribution in [3.63, 3.8) is 0 Å². The van der Waals surface area contributed by atoms with E-state index in [4.69, 9.17) is 11.5 Å². The molecule has 0 saturated carbocycles. The third-order valence-corrected chi connectivity index (χ3v) is 7.76. The highest BCUT2D eigenvalue weighted by Gasteiger charge is 2.14. The number of aromatic nitrogens is 9. The zero-order valence-electron chi connectivity index (χ0n) is 24.4. The van der Waals surface area contributed by atoms with Gasteiger partial charge in [0.1, 0.15) is 23.0 Å². The molecule has 39 heavy (non-hydrogen) atoms. The molecule has 0 saturated heterocycles. The van der Waals surface area contributed by atoms with Crippen LogP contribution in [0.5, 0.6) is 0 Å². The van der Waals surface area contributed by atoms with Gasteiger partial charge in [0, 0.05) is 34.8 Å². The molecule has 4 heterocycles. The summed E-state index contributed by atoms with van der Waals surface area (Å²) in [7, 11) is -2.00. The van der Waals surface area contributed by atoms with Crippen molar-refractivity contribution in [3.8, 4) is 0 Å². The van der Waals surface area contributed by atoms with Crippen LogP contribution in [0.25, 0.3) is 0 Å². The normalized spacial score (nSPS) is 11.1. The Morgan fingerprint density at radius 2 is 1.44 bits per heavy atom. The van der Waals surface area contributed by atoms with Crippen LogP contribution in [0.3, 0.4) is 0 Å². The standard InChI is InChI=1S/C8H15N2OPS.C6H10N2S.C5H9N3S.C4H8N4/c1-6(2)8-9-7(13-10-8)5-12(3,4)11;1-4(2)5-3-9-6(7)8-5;1-3(2)4-7-5(6)9-8-4;1-4(2)8-3-5-6-7-8/h6H,5H2,1-4H3;3-4H,1-2H3,(H2,7,8);3H,1-2H3,(H2,6,7,8);3-4H,1-2H3. The molecule has 0 fully saturated rings. The van der Waals surface area contributed by atoms with Crippen LogP contribution in [0.15, 0.2) is 11.7 Å². The maximum Gasteiger partial charge on any atom is 0.199 e. The second-order valence-corrected chi connectivity index (χ2v) is 16.2. The highest BCUT2D eigenvalue weighted by atomic mass is 32.1. The lowest BCUT2D eigenvalue weighted by molar-refractivity contribution is 0.514. The summed E-state index contributed by atoms with van der Waals surface area (Å²) in [6.45, 7) is 20.0. The summed E-state index contributed by atoms with van der Waals surface area (Å²) in [5.41, 5.74) is 11.9. The maximum atomic E-state index is 11.5. The fourth-order valence-electron chi connectivity index (χ4n) is 2.35. The van der Waals surface area contributed by atoms with Crippen LogP contribution >= 0.6 is 41.5 Å². The smallest absolute Gasteiger partial charge is 0.199 e. The zero-order chi connectivity index (χ0) is 29.8. The van der Waals surface area contributed by atoms with Crippen molar-refractivity contribution in [3.05, 3.63) is 34.1 Å². The number of hydrogen-bond donors (Lipinski definition) is 2. The quantitative estimate of drug-likeness (QED) is 0.238. The minimum Gasteiger partial charge on any atom is -0.375 e. The third kappa shape index (κ3) is 14.6. The minimum atomic E-state index is -2.00. The zero-order valence-corrected chi connectivity index (χ0v) is 27.8. The van der Waals surface area contributed by atoms with E-state index < -0.39 is 7.14 Å². The van der Waals surface area contributed by atoms with Gasteiger partial charge in [-0.2, -0.15) is 8.75 Å². The number of tetrazole rings is 1. The van der Waals surface area contributed by atoms with Crippen molar-refractivity contribution in [2.75, 3.05) is 24.8 Å².